The highest BCUT2D eigenvalue weighted by molar-refractivity contribution is 7.07. The summed E-state index contributed by atoms with van der Waals surface area (Å²) in [5.41, 5.74) is 1.96. The number of allylic oxidation sites excluding steroid dienone is 1. The van der Waals surface area contributed by atoms with Crippen LogP contribution in [0, 0.1) is 0 Å². The Morgan fingerprint density at radius 3 is 2.46 bits per heavy atom. The molecule has 3 aromatic rings. The van der Waals surface area contributed by atoms with Crippen molar-refractivity contribution in [3.05, 3.63) is 84.5 Å². The fourth-order valence-electron chi connectivity index (χ4n) is 4.17. The molecule has 1 aromatic heterocycles. The minimum Gasteiger partial charge on any atom is -0.497 e. The van der Waals surface area contributed by atoms with Gasteiger partial charge in [-0.25, -0.2) is 9.79 Å². The van der Waals surface area contributed by atoms with Crippen molar-refractivity contribution in [1.29, 1.82) is 0 Å². The summed E-state index contributed by atoms with van der Waals surface area (Å²) in [6.07, 6.45) is 2.74. The van der Waals surface area contributed by atoms with Gasteiger partial charge >= 0.3 is 5.97 Å². The van der Waals surface area contributed by atoms with Crippen LogP contribution in [0.2, 0.25) is 0 Å². The van der Waals surface area contributed by atoms with Crippen molar-refractivity contribution in [1.82, 2.24) is 4.57 Å². The molecular formula is C28H30N2O6S. The Hall–Kier alpha value is -3.85. The Morgan fingerprint density at radius 2 is 1.81 bits per heavy atom. The molecule has 8 nitrogen and oxygen atoms in total. The number of methoxy groups -OCH3 is 2. The van der Waals surface area contributed by atoms with Gasteiger partial charge < -0.3 is 18.9 Å². The molecule has 2 heterocycles. The molecule has 4 rings (SSSR count). The van der Waals surface area contributed by atoms with Crippen LogP contribution in [0.5, 0.6) is 17.2 Å². The van der Waals surface area contributed by atoms with Gasteiger partial charge in [0.1, 0.15) is 23.3 Å². The van der Waals surface area contributed by atoms with Crippen LogP contribution in [0.3, 0.4) is 0 Å². The van der Waals surface area contributed by atoms with Gasteiger partial charge in [0.15, 0.2) is 4.80 Å². The SMILES string of the molecule is CCCOc1ccc(/C=c2\sc3n(c2=O)[C@@H](c2cc(OC)ccc2OC)C(C(=O)OCC)=C(C)N=3)cc1. The van der Waals surface area contributed by atoms with Gasteiger partial charge in [-0.15, -0.1) is 0 Å². The molecule has 2 aromatic carbocycles. The molecule has 0 saturated carbocycles. The summed E-state index contributed by atoms with van der Waals surface area (Å²) in [4.78, 5) is 32.0. The van der Waals surface area contributed by atoms with E-state index < -0.39 is 12.0 Å². The first-order valence-electron chi connectivity index (χ1n) is 12.1. The van der Waals surface area contributed by atoms with Gasteiger partial charge in [-0.2, -0.15) is 0 Å². The lowest BCUT2D eigenvalue weighted by molar-refractivity contribution is -0.139. The third kappa shape index (κ3) is 5.32. The number of hydrogen-bond donors (Lipinski definition) is 0. The lowest BCUT2D eigenvalue weighted by Gasteiger charge is -2.26. The van der Waals surface area contributed by atoms with Crippen LogP contribution >= 0.6 is 11.3 Å². The minimum atomic E-state index is -0.799. The second-order valence-corrected chi connectivity index (χ2v) is 9.34. The predicted molar refractivity (Wildman–Crippen MR) is 142 cm³/mol. The predicted octanol–water partition coefficient (Wildman–Crippen LogP) is 3.60. The smallest absolute Gasteiger partial charge is 0.338 e. The van der Waals surface area contributed by atoms with Crippen LogP contribution in [-0.2, 0) is 9.53 Å². The summed E-state index contributed by atoms with van der Waals surface area (Å²) in [6.45, 7) is 6.38. The van der Waals surface area contributed by atoms with Crippen LogP contribution in [0.15, 0.2) is 63.5 Å². The molecule has 0 amide bonds. The van der Waals surface area contributed by atoms with E-state index in [9.17, 15) is 9.59 Å². The van der Waals surface area contributed by atoms with Crippen molar-refractivity contribution in [2.45, 2.75) is 33.2 Å². The van der Waals surface area contributed by atoms with E-state index in [2.05, 4.69) is 11.9 Å². The van der Waals surface area contributed by atoms with E-state index in [1.165, 1.54) is 15.9 Å². The van der Waals surface area contributed by atoms with E-state index in [0.717, 1.165) is 17.7 Å². The number of thiazole rings is 1. The Morgan fingerprint density at radius 1 is 1.08 bits per heavy atom. The third-order valence-electron chi connectivity index (χ3n) is 5.90. The van der Waals surface area contributed by atoms with E-state index in [1.54, 1.807) is 46.3 Å². The molecule has 1 aliphatic rings. The Labute approximate surface area is 219 Å². The normalized spacial score (nSPS) is 15.2. The van der Waals surface area contributed by atoms with Gasteiger partial charge in [0.25, 0.3) is 5.56 Å². The highest BCUT2D eigenvalue weighted by Gasteiger charge is 2.35. The lowest BCUT2D eigenvalue weighted by Crippen LogP contribution is -2.40. The molecule has 0 spiro atoms. The second-order valence-electron chi connectivity index (χ2n) is 8.33. The molecule has 0 saturated heterocycles. The van der Waals surface area contributed by atoms with Crippen molar-refractivity contribution in [2.24, 2.45) is 4.99 Å². The first-order valence-corrected chi connectivity index (χ1v) is 12.9. The number of nitrogens with zero attached hydrogens (tertiary/aromatic N) is 2. The molecule has 0 bridgehead atoms. The van der Waals surface area contributed by atoms with Gasteiger partial charge in [0.05, 0.1) is 43.2 Å². The molecule has 37 heavy (non-hydrogen) atoms. The number of fused-ring (bicyclic) bond motifs is 1. The average Bonchev–Trinajstić information content (AvgIpc) is 3.21. The molecule has 9 heteroatoms. The van der Waals surface area contributed by atoms with E-state index in [0.29, 0.717) is 38.7 Å². The average molecular weight is 523 g/mol. The summed E-state index contributed by atoms with van der Waals surface area (Å²) in [5, 5.41) is 0. The van der Waals surface area contributed by atoms with Crippen LogP contribution in [0.25, 0.3) is 6.08 Å². The molecule has 0 radical (unpaired) electrons. The molecule has 194 valence electrons. The Bertz CT molecular complexity index is 1500. The largest absolute Gasteiger partial charge is 0.497 e. The summed E-state index contributed by atoms with van der Waals surface area (Å²) in [6, 6.07) is 12.1. The number of rotatable bonds is 9. The number of aromatic nitrogens is 1. The fourth-order valence-corrected chi connectivity index (χ4v) is 5.22. The van der Waals surface area contributed by atoms with E-state index in [4.69, 9.17) is 18.9 Å². The maximum Gasteiger partial charge on any atom is 0.338 e. The van der Waals surface area contributed by atoms with Gasteiger partial charge in [0.2, 0.25) is 0 Å². The minimum absolute atomic E-state index is 0.194. The molecule has 0 fully saturated rings. The zero-order chi connectivity index (χ0) is 26.5. The number of esters is 1. The number of hydrogen-bond acceptors (Lipinski definition) is 8. The molecule has 1 aliphatic heterocycles. The van der Waals surface area contributed by atoms with Crippen molar-refractivity contribution in [3.8, 4) is 17.2 Å². The standard InChI is InChI=1S/C28H30N2O6S/c1-6-14-36-19-10-8-18(9-11-19)15-23-26(31)30-25(21-16-20(33-4)12-13-22(21)34-5)24(27(32)35-7-2)17(3)29-28(30)37-23/h8-13,15-16,25H,6-7,14H2,1-5H3/b23-15-/t25-/m0/s1. The van der Waals surface area contributed by atoms with E-state index in [-0.39, 0.29) is 17.7 Å². The first-order chi connectivity index (χ1) is 17.9. The molecular weight excluding hydrogens is 492 g/mol. The Balaban J connectivity index is 1.91. The van der Waals surface area contributed by atoms with Crippen molar-refractivity contribution >= 4 is 23.4 Å². The Kier molecular flexibility index (Phi) is 8.13. The quantitative estimate of drug-likeness (QED) is 0.399. The summed E-state index contributed by atoms with van der Waals surface area (Å²) in [7, 11) is 3.10. The molecule has 0 N–H and O–H groups in total. The monoisotopic (exact) mass is 522 g/mol. The second kappa shape index (κ2) is 11.5. The van der Waals surface area contributed by atoms with Crippen LogP contribution in [0.1, 0.15) is 44.4 Å². The van der Waals surface area contributed by atoms with Crippen molar-refractivity contribution in [3.63, 3.8) is 0 Å². The van der Waals surface area contributed by atoms with Gasteiger partial charge in [-0.3, -0.25) is 9.36 Å². The summed E-state index contributed by atoms with van der Waals surface area (Å²) < 4.78 is 24.1. The van der Waals surface area contributed by atoms with Gasteiger partial charge in [0, 0.05) is 5.56 Å². The number of ether oxygens (including phenoxy) is 4. The van der Waals surface area contributed by atoms with Gasteiger partial charge in [-0.1, -0.05) is 30.4 Å². The first kappa shape index (κ1) is 26.2. The fraction of sp³-hybridized carbons (Fsp3) is 0.321. The molecule has 1 atom stereocenters. The van der Waals surface area contributed by atoms with E-state index in [1.807, 2.05) is 30.3 Å². The zero-order valence-corrected chi connectivity index (χ0v) is 22.4. The topological polar surface area (TPSA) is 88.3 Å². The third-order valence-corrected chi connectivity index (χ3v) is 6.88. The van der Waals surface area contributed by atoms with Gasteiger partial charge in [-0.05, 0) is 62.2 Å². The van der Waals surface area contributed by atoms with Crippen LogP contribution in [-0.4, -0.2) is 38.0 Å². The maximum atomic E-state index is 13.8. The highest BCUT2D eigenvalue weighted by Crippen LogP contribution is 2.37. The highest BCUT2D eigenvalue weighted by atomic mass is 32.1. The maximum absolute atomic E-state index is 13.8. The number of benzene rings is 2. The molecule has 0 unspecified atom stereocenters. The zero-order valence-electron chi connectivity index (χ0n) is 21.6. The number of carbonyl (C=O) groups is 1. The van der Waals surface area contributed by atoms with Crippen molar-refractivity contribution < 1.29 is 23.7 Å². The van der Waals surface area contributed by atoms with Crippen LogP contribution in [0.4, 0.5) is 0 Å². The van der Waals surface area contributed by atoms with Crippen LogP contribution < -0.4 is 29.1 Å². The van der Waals surface area contributed by atoms with E-state index >= 15 is 0 Å². The molecule has 0 aliphatic carbocycles. The lowest BCUT2D eigenvalue weighted by atomic mass is 9.94. The summed E-state index contributed by atoms with van der Waals surface area (Å²) >= 11 is 1.27. The van der Waals surface area contributed by atoms with Crippen molar-refractivity contribution in [2.75, 3.05) is 27.4 Å². The number of carbonyl (C=O) groups excluding carboxylic acids is 1. The summed E-state index contributed by atoms with van der Waals surface area (Å²) in [5.74, 6) is 1.33.